The van der Waals surface area contributed by atoms with Crippen LogP contribution in [0.5, 0.6) is 17.2 Å². The number of alkyl halides is 5. The summed E-state index contributed by atoms with van der Waals surface area (Å²) in [4.78, 5) is 29.0. The number of benzene rings is 2. The lowest BCUT2D eigenvalue weighted by molar-refractivity contribution is -0.286. The van der Waals surface area contributed by atoms with Gasteiger partial charge in [-0.2, -0.15) is 13.2 Å². The number of anilines is 3. The second-order valence-corrected chi connectivity index (χ2v) is 8.53. The molecule has 218 valence electrons. The van der Waals surface area contributed by atoms with Crippen LogP contribution in [0.2, 0.25) is 0 Å². The van der Waals surface area contributed by atoms with E-state index < -0.39 is 30.1 Å². The fourth-order valence-corrected chi connectivity index (χ4v) is 3.67. The highest BCUT2D eigenvalue weighted by Gasteiger charge is 2.44. The first-order chi connectivity index (χ1) is 19.4. The molecule has 3 aromatic rings. The van der Waals surface area contributed by atoms with Gasteiger partial charge in [0.2, 0.25) is 0 Å². The fourth-order valence-electron chi connectivity index (χ4n) is 3.67. The van der Waals surface area contributed by atoms with Crippen molar-refractivity contribution in [2.75, 3.05) is 36.2 Å². The smallest absolute Gasteiger partial charge is 0.418 e. The molecule has 1 aromatic heterocycles. The van der Waals surface area contributed by atoms with Gasteiger partial charge in [0.1, 0.15) is 5.82 Å². The Morgan fingerprint density at radius 3 is 2.56 bits per heavy atom. The molecule has 1 amide bonds. The minimum atomic E-state index is -5.29. The third kappa shape index (κ3) is 7.72. The monoisotopic (exact) mass is 582 g/mol. The number of nitrogens with one attached hydrogen (secondary N) is 3. The average Bonchev–Trinajstić information content (AvgIpc) is 3.23. The minimum absolute atomic E-state index is 0.00472. The van der Waals surface area contributed by atoms with Crippen molar-refractivity contribution in [1.29, 1.82) is 0 Å². The standard InChI is InChI=1S/C26H23F5N4O6/c1-38-11-3-9-32-21-12-15(8-10-33-21)14-34-22-17(4-2-5-19(22)39-24(37)25(27,28)29)23(36)35-16-6-7-18-20(13-16)41-26(30,31)40-18/h2,4-8,10,12-13,34H,3,9,11,14H2,1H3,(H,32,33)(H,35,36). The first-order valence-corrected chi connectivity index (χ1v) is 12.0. The molecule has 3 N–H and O–H groups in total. The number of halogens is 5. The second-order valence-electron chi connectivity index (χ2n) is 8.53. The maximum Gasteiger partial charge on any atom is 0.586 e. The van der Waals surface area contributed by atoms with Gasteiger partial charge in [0.15, 0.2) is 17.2 Å². The quantitative estimate of drug-likeness (QED) is 0.122. The zero-order valence-electron chi connectivity index (χ0n) is 21.3. The van der Waals surface area contributed by atoms with E-state index in [9.17, 15) is 31.5 Å². The summed E-state index contributed by atoms with van der Waals surface area (Å²) in [7, 11) is 1.58. The predicted molar refractivity (Wildman–Crippen MR) is 135 cm³/mol. The Kier molecular flexibility index (Phi) is 8.76. The van der Waals surface area contributed by atoms with Gasteiger partial charge in [-0.3, -0.25) is 4.79 Å². The summed E-state index contributed by atoms with van der Waals surface area (Å²) < 4.78 is 83.8. The predicted octanol–water partition coefficient (Wildman–Crippen LogP) is 5.18. The summed E-state index contributed by atoms with van der Waals surface area (Å²) in [5, 5.41) is 8.42. The number of carbonyl (C=O) groups is 2. The van der Waals surface area contributed by atoms with Crippen molar-refractivity contribution in [2.24, 2.45) is 0 Å². The number of aromatic nitrogens is 1. The SMILES string of the molecule is COCCCNc1cc(CNc2c(OC(=O)C(F)(F)F)cccc2C(=O)Nc2ccc3c(c2)OC(F)(F)O3)ccn1. The number of fused-ring (bicyclic) bond motifs is 1. The Balaban J connectivity index is 1.57. The van der Waals surface area contributed by atoms with Gasteiger partial charge >= 0.3 is 18.4 Å². The molecule has 0 saturated heterocycles. The van der Waals surface area contributed by atoms with E-state index in [1.807, 2.05) is 0 Å². The third-order valence-electron chi connectivity index (χ3n) is 5.49. The largest absolute Gasteiger partial charge is 0.586 e. The molecule has 15 heteroatoms. The topological polar surface area (TPSA) is 120 Å². The first kappa shape index (κ1) is 29.3. The molecular weight excluding hydrogens is 559 g/mol. The Hall–Kier alpha value is -4.66. The normalized spacial score (nSPS) is 13.4. The van der Waals surface area contributed by atoms with Gasteiger partial charge in [-0.1, -0.05) is 6.07 Å². The average molecular weight is 582 g/mol. The molecule has 0 fully saturated rings. The van der Waals surface area contributed by atoms with Crippen LogP contribution in [0.1, 0.15) is 22.3 Å². The summed E-state index contributed by atoms with van der Waals surface area (Å²) in [5.41, 5.74) is 0.236. The molecule has 10 nitrogen and oxygen atoms in total. The van der Waals surface area contributed by atoms with Gasteiger partial charge in [-0.25, -0.2) is 9.78 Å². The highest BCUT2D eigenvalue weighted by atomic mass is 19.4. The summed E-state index contributed by atoms with van der Waals surface area (Å²) in [5.74, 6) is -3.94. The Morgan fingerprint density at radius 2 is 1.80 bits per heavy atom. The molecule has 0 spiro atoms. The molecule has 0 radical (unpaired) electrons. The van der Waals surface area contributed by atoms with E-state index in [4.69, 9.17) is 4.74 Å². The maximum atomic E-state index is 13.3. The van der Waals surface area contributed by atoms with Crippen LogP contribution in [0.25, 0.3) is 0 Å². The number of hydrogen-bond donors (Lipinski definition) is 3. The molecule has 0 bridgehead atoms. The maximum absolute atomic E-state index is 13.3. The Morgan fingerprint density at radius 1 is 1.02 bits per heavy atom. The highest BCUT2D eigenvalue weighted by Crippen LogP contribution is 2.42. The van der Waals surface area contributed by atoms with Gasteiger partial charge in [0, 0.05) is 44.8 Å². The van der Waals surface area contributed by atoms with E-state index in [1.54, 1.807) is 19.2 Å². The number of amides is 1. The molecular formula is C26H23F5N4O6. The van der Waals surface area contributed by atoms with Crippen molar-refractivity contribution in [3.05, 3.63) is 65.9 Å². The van der Waals surface area contributed by atoms with Gasteiger partial charge in [0.05, 0.1) is 11.3 Å². The molecule has 0 atom stereocenters. The number of esters is 1. The van der Waals surface area contributed by atoms with Crippen LogP contribution in [0.3, 0.4) is 0 Å². The van der Waals surface area contributed by atoms with E-state index in [0.717, 1.165) is 24.6 Å². The van der Waals surface area contributed by atoms with Crippen LogP contribution < -0.4 is 30.2 Å². The van der Waals surface area contributed by atoms with Crippen molar-refractivity contribution in [1.82, 2.24) is 4.98 Å². The number of rotatable bonds is 11. The van der Waals surface area contributed by atoms with E-state index in [2.05, 4.69) is 35.1 Å². The summed E-state index contributed by atoms with van der Waals surface area (Å²) in [6, 6.07) is 10.4. The minimum Gasteiger partial charge on any atom is -0.418 e. The number of nitrogens with zero attached hydrogens (tertiary/aromatic N) is 1. The lowest BCUT2D eigenvalue weighted by Crippen LogP contribution is -2.28. The lowest BCUT2D eigenvalue weighted by atomic mass is 10.1. The molecule has 1 aliphatic rings. The zero-order chi connectivity index (χ0) is 29.6. The first-order valence-electron chi connectivity index (χ1n) is 12.0. The van der Waals surface area contributed by atoms with Gasteiger partial charge in [-0.15, -0.1) is 8.78 Å². The zero-order valence-corrected chi connectivity index (χ0v) is 21.3. The van der Waals surface area contributed by atoms with Crippen LogP contribution in [-0.4, -0.2) is 49.6 Å². The molecule has 4 rings (SSSR count). The molecule has 2 heterocycles. The number of ether oxygens (including phenoxy) is 4. The number of para-hydroxylation sites is 1. The number of hydrogen-bond acceptors (Lipinski definition) is 9. The molecule has 0 aliphatic carbocycles. The van der Waals surface area contributed by atoms with Crippen molar-refractivity contribution >= 4 is 29.1 Å². The van der Waals surface area contributed by atoms with E-state index in [0.29, 0.717) is 24.5 Å². The molecule has 41 heavy (non-hydrogen) atoms. The van der Waals surface area contributed by atoms with Crippen molar-refractivity contribution < 1.29 is 50.5 Å². The molecule has 1 aliphatic heterocycles. The molecule has 0 saturated carbocycles. The van der Waals surface area contributed by atoms with Crippen molar-refractivity contribution in [3.8, 4) is 17.2 Å². The van der Waals surface area contributed by atoms with Crippen LogP contribution in [0.15, 0.2) is 54.7 Å². The van der Waals surface area contributed by atoms with Crippen molar-refractivity contribution in [3.63, 3.8) is 0 Å². The van der Waals surface area contributed by atoms with Crippen LogP contribution >= 0.6 is 0 Å². The summed E-state index contributed by atoms with van der Waals surface area (Å²) in [6.07, 6.45) is -6.92. The number of methoxy groups -OCH3 is 1. The van der Waals surface area contributed by atoms with E-state index >= 15 is 0 Å². The Labute approximate surface area is 229 Å². The van der Waals surface area contributed by atoms with Gasteiger partial charge in [-0.05, 0) is 48.4 Å². The summed E-state index contributed by atoms with van der Waals surface area (Å²) >= 11 is 0. The van der Waals surface area contributed by atoms with Crippen molar-refractivity contribution in [2.45, 2.75) is 25.4 Å². The van der Waals surface area contributed by atoms with E-state index in [-0.39, 0.29) is 35.0 Å². The van der Waals surface area contributed by atoms with E-state index in [1.165, 1.54) is 24.4 Å². The second kappa shape index (κ2) is 12.2. The highest BCUT2D eigenvalue weighted by molar-refractivity contribution is 6.09. The fraction of sp³-hybridized carbons (Fsp3) is 0.269. The molecule has 0 unspecified atom stereocenters. The number of carbonyl (C=O) groups excluding carboxylic acids is 2. The lowest BCUT2D eigenvalue weighted by Gasteiger charge is -2.17. The third-order valence-corrected chi connectivity index (χ3v) is 5.49. The van der Waals surface area contributed by atoms with Gasteiger partial charge < -0.3 is 34.9 Å². The van der Waals surface area contributed by atoms with Crippen LogP contribution in [0.4, 0.5) is 39.1 Å². The number of pyridine rings is 1. The van der Waals surface area contributed by atoms with Crippen LogP contribution in [0, 0.1) is 0 Å². The Bertz CT molecular complexity index is 1420. The van der Waals surface area contributed by atoms with Gasteiger partial charge in [0.25, 0.3) is 5.91 Å². The summed E-state index contributed by atoms with van der Waals surface area (Å²) in [6.45, 7) is 1.12. The molecule has 2 aromatic carbocycles. The van der Waals surface area contributed by atoms with Crippen LogP contribution in [-0.2, 0) is 16.1 Å².